The Morgan fingerprint density at radius 1 is 1.39 bits per heavy atom. The van der Waals surface area contributed by atoms with Crippen molar-refractivity contribution in [2.24, 2.45) is 0 Å². The van der Waals surface area contributed by atoms with Crippen molar-refractivity contribution in [2.75, 3.05) is 7.11 Å². The maximum atomic E-state index is 11.3. The van der Waals surface area contributed by atoms with E-state index < -0.39 is 0 Å². The van der Waals surface area contributed by atoms with Crippen LogP contribution >= 0.6 is 0 Å². The largest absolute Gasteiger partial charge is 0.381 e. The number of aryl methyl sites for hydroxylation is 1. The standard InChI is InChI=1S/C14H20N2O2/c1-18-10-7-9(8-10)15-12-3-2-4-13-11(12)5-6-14(17)16-13/h5-6,9-10,12,15H,2-4,7-8H2,1H3,(H,16,17). The van der Waals surface area contributed by atoms with Crippen LogP contribution in [0.5, 0.6) is 0 Å². The molecule has 1 aromatic heterocycles. The monoisotopic (exact) mass is 248 g/mol. The number of hydrogen-bond acceptors (Lipinski definition) is 3. The maximum absolute atomic E-state index is 11.3. The van der Waals surface area contributed by atoms with Crippen LogP contribution in [0.3, 0.4) is 0 Å². The molecule has 2 aliphatic rings. The molecule has 0 amide bonds. The topological polar surface area (TPSA) is 54.1 Å². The van der Waals surface area contributed by atoms with Gasteiger partial charge in [0, 0.05) is 31.0 Å². The third-order valence-corrected chi connectivity index (χ3v) is 4.20. The summed E-state index contributed by atoms with van der Waals surface area (Å²) in [7, 11) is 1.78. The van der Waals surface area contributed by atoms with E-state index in [0.717, 1.165) is 37.8 Å². The van der Waals surface area contributed by atoms with Gasteiger partial charge in [-0.15, -0.1) is 0 Å². The zero-order valence-corrected chi connectivity index (χ0v) is 10.7. The molecule has 1 heterocycles. The lowest BCUT2D eigenvalue weighted by Crippen LogP contribution is -2.47. The second kappa shape index (κ2) is 4.86. The van der Waals surface area contributed by atoms with Crippen LogP contribution in [0.1, 0.15) is 43.0 Å². The number of H-pyrrole nitrogens is 1. The van der Waals surface area contributed by atoms with Crippen molar-refractivity contribution >= 4 is 0 Å². The van der Waals surface area contributed by atoms with Gasteiger partial charge < -0.3 is 15.0 Å². The van der Waals surface area contributed by atoms with Crippen molar-refractivity contribution in [2.45, 2.75) is 50.3 Å². The normalized spacial score (nSPS) is 30.6. The Morgan fingerprint density at radius 3 is 3.00 bits per heavy atom. The van der Waals surface area contributed by atoms with Crippen molar-refractivity contribution < 1.29 is 4.74 Å². The number of nitrogens with one attached hydrogen (secondary N) is 2. The molecule has 0 spiro atoms. The van der Waals surface area contributed by atoms with E-state index in [0.29, 0.717) is 18.2 Å². The van der Waals surface area contributed by atoms with Crippen LogP contribution in [0.2, 0.25) is 0 Å². The van der Waals surface area contributed by atoms with Gasteiger partial charge in [-0.25, -0.2) is 0 Å². The number of aromatic amines is 1. The lowest BCUT2D eigenvalue weighted by Gasteiger charge is -2.39. The molecule has 1 atom stereocenters. The predicted octanol–water partition coefficient (Wildman–Crippen LogP) is 1.52. The third kappa shape index (κ3) is 2.22. The van der Waals surface area contributed by atoms with Gasteiger partial charge >= 0.3 is 0 Å². The zero-order chi connectivity index (χ0) is 12.5. The summed E-state index contributed by atoms with van der Waals surface area (Å²) in [5, 5.41) is 3.69. The zero-order valence-electron chi connectivity index (χ0n) is 10.7. The van der Waals surface area contributed by atoms with Gasteiger partial charge in [0.05, 0.1) is 6.10 Å². The quantitative estimate of drug-likeness (QED) is 0.852. The molecule has 3 rings (SSSR count). The van der Waals surface area contributed by atoms with Gasteiger partial charge in [0.1, 0.15) is 0 Å². The van der Waals surface area contributed by atoms with Crippen molar-refractivity contribution in [3.05, 3.63) is 33.7 Å². The van der Waals surface area contributed by atoms with Gasteiger partial charge in [0.15, 0.2) is 0 Å². The fourth-order valence-electron chi connectivity index (χ4n) is 3.05. The molecule has 4 heteroatoms. The number of pyridine rings is 1. The summed E-state index contributed by atoms with van der Waals surface area (Å²) < 4.78 is 5.30. The highest BCUT2D eigenvalue weighted by molar-refractivity contribution is 5.26. The molecule has 0 aliphatic heterocycles. The summed E-state index contributed by atoms with van der Waals surface area (Å²) >= 11 is 0. The van der Waals surface area contributed by atoms with Crippen LogP contribution in [-0.2, 0) is 11.2 Å². The molecule has 2 N–H and O–H groups in total. The molecule has 1 fully saturated rings. The average molecular weight is 248 g/mol. The van der Waals surface area contributed by atoms with Crippen LogP contribution in [0, 0.1) is 0 Å². The molecule has 1 saturated carbocycles. The maximum Gasteiger partial charge on any atom is 0.248 e. The second-order valence-electron chi connectivity index (χ2n) is 5.39. The lowest BCUT2D eigenvalue weighted by atomic mass is 9.85. The Morgan fingerprint density at radius 2 is 2.22 bits per heavy atom. The summed E-state index contributed by atoms with van der Waals surface area (Å²) in [5.74, 6) is 0. The minimum atomic E-state index is 0.0116. The average Bonchev–Trinajstić information content (AvgIpc) is 2.32. The van der Waals surface area contributed by atoms with E-state index in [1.165, 1.54) is 5.56 Å². The predicted molar refractivity (Wildman–Crippen MR) is 69.7 cm³/mol. The number of ether oxygens (including phenoxy) is 1. The first-order valence-electron chi connectivity index (χ1n) is 6.77. The van der Waals surface area contributed by atoms with E-state index in [9.17, 15) is 4.79 Å². The molecule has 2 aliphatic carbocycles. The summed E-state index contributed by atoms with van der Waals surface area (Å²) in [6.07, 6.45) is 5.94. The van der Waals surface area contributed by atoms with Crippen molar-refractivity contribution in [3.63, 3.8) is 0 Å². The molecule has 1 aromatic rings. The van der Waals surface area contributed by atoms with Gasteiger partial charge in [-0.1, -0.05) is 6.07 Å². The van der Waals surface area contributed by atoms with E-state index in [2.05, 4.69) is 10.3 Å². The van der Waals surface area contributed by atoms with E-state index >= 15 is 0 Å². The number of aromatic nitrogens is 1. The molecule has 0 aromatic carbocycles. The molecule has 1 unspecified atom stereocenters. The fraction of sp³-hybridized carbons (Fsp3) is 0.643. The number of methoxy groups -OCH3 is 1. The fourth-order valence-corrected chi connectivity index (χ4v) is 3.05. The van der Waals surface area contributed by atoms with Gasteiger partial charge in [-0.2, -0.15) is 0 Å². The molecule has 0 radical (unpaired) electrons. The Labute approximate surface area is 107 Å². The first kappa shape index (κ1) is 11.9. The summed E-state index contributed by atoms with van der Waals surface area (Å²) in [6, 6.07) is 4.58. The Balaban J connectivity index is 1.70. The van der Waals surface area contributed by atoms with Crippen LogP contribution in [0.25, 0.3) is 0 Å². The van der Waals surface area contributed by atoms with Crippen LogP contribution < -0.4 is 10.9 Å². The number of rotatable bonds is 3. The number of hydrogen-bond donors (Lipinski definition) is 2. The molecule has 0 saturated heterocycles. The minimum Gasteiger partial charge on any atom is -0.381 e. The first-order valence-corrected chi connectivity index (χ1v) is 6.77. The van der Waals surface area contributed by atoms with Gasteiger partial charge in [0.2, 0.25) is 5.56 Å². The highest BCUT2D eigenvalue weighted by Crippen LogP contribution is 2.31. The van der Waals surface area contributed by atoms with Crippen LogP contribution in [0.15, 0.2) is 16.9 Å². The molecule has 98 valence electrons. The highest BCUT2D eigenvalue weighted by Gasteiger charge is 2.32. The minimum absolute atomic E-state index is 0.0116. The van der Waals surface area contributed by atoms with Crippen LogP contribution in [0.4, 0.5) is 0 Å². The summed E-state index contributed by atoms with van der Waals surface area (Å²) in [5.41, 5.74) is 2.41. The Bertz CT molecular complexity index is 477. The summed E-state index contributed by atoms with van der Waals surface area (Å²) in [6.45, 7) is 0. The molecular formula is C14H20N2O2. The third-order valence-electron chi connectivity index (χ3n) is 4.20. The molecule has 18 heavy (non-hydrogen) atoms. The number of fused-ring (bicyclic) bond motifs is 1. The van der Waals surface area contributed by atoms with Gasteiger partial charge in [-0.3, -0.25) is 4.79 Å². The smallest absolute Gasteiger partial charge is 0.248 e. The van der Waals surface area contributed by atoms with E-state index in [4.69, 9.17) is 4.74 Å². The SMILES string of the molecule is COC1CC(NC2CCCc3[nH]c(=O)ccc32)C1. The van der Waals surface area contributed by atoms with Crippen molar-refractivity contribution in [1.29, 1.82) is 0 Å². The second-order valence-corrected chi connectivity index (χ2v) is 5.39. The van der Waals surface area contributed by atoms with Gasteiger partial charge in [0.25, 0.3) is 0 Å². The summed E-state index contributed by atoms with van der Waals surface area (Å²) in [4.78, 5) is 14.3. The van der Waals surface area contributed by atoms with E-state index in [-0.39, 0.29) is 5.56 Å². The molecular weight excluding hydrogens is 228 g/mol. The Hall–Kier alpha value is -1.13. The van der Waals surface area contributed by atoms with Crippen molar-refractivity contribution in [3.8, 4) is 0 Å². The molecule has 0 bridgehead atoms. The first-order chi connectivity index (χ1) is 8.76. The Kier molecular flexibility index (Phi) is 3.22. The lowest BCUT2D eigenvalue weighted by molar-refractivity contribution is 0.0135. The van der Waals surface area contributed by atoms with Crippen molar-refractivity contribution in [1.82, 2.24) is 10.3 Å². The van der Waals surface area contributed by atoms with Gasteiger partial charge in [-0.05, 0) is 37.7 Å². The molecule has 4 nitrogen and oxygen atoms in total. The van der Waals surface area contributed by atoms with E-state index in [1.807, 2.05) is 6.07 Å². The highest BCUT2D eigenvalue weighted by atomic mass is 16.5. The van der Waals surface area contributed by atoms with E-state index in [1.54, 1.807) is 13.2 Å². The van der Waals surface area contributed by atoms with Crippen LogP contribution in [-0.4, -0.2) is 24.2 Å².